The molecule has 0 saturated heterocycles. The number of rotatable bonds is 6. The molecule has 106 valence electrons. The predicted molar refractivity (Wildman–Crippen MR) is 77.8 cm³/mol. The molecule has 4 heteroatoms. The van der Waals surface area contributed by atoms with Gasteiger partial charge in [0.15, 0.2) is 11.5 Å². The van der Waals surface area contributed by atoms with Gasteiger partial charge in [0.1, 0.15) is 0 Å². The van der Waals surface area contributed by atoms with E-state index in [1.54, 1.807) is 12.1 Å². The Labute approximate surface area is 118 Å². The van der Waals surface area contributed by atoms with Gasteiger partial charge in [-0.2, -0.15) is 0 Å². The SMILES string of the molecule is COc1ccc(CNC[C@H](O)c2ccccc2)cc1O. The van der Waals surface area contributed by atoms with Crippen LogP contribution in [-0.4, -0.2) is 23.9 Å². The number of phenolic OH excluding ortho intramolecular Hbond substituents is 1. The molecule has 2 aromatic carbocycles. The van der Waals surface area contributed by atoms with Crippen LogP contribution in [0.25, 0.3) is 0 Å². The maximum atomic E-state index is 10.0. The summed E-state index contributed by atoms with van der Waals surface area (Å²) in [6.07, 6.45) is -0.539. The molecule has 2 rings (SSSR count). The number of aromatic hydroxyl groups is 1. The van der Waals surface area contributed by atoms with Crippen LogP contribution in [0.1, 0.15) is 17.2 Å². The number of nitrogens with one attached hydrogen (secondary N) is 1. The van der Waals surface area contributed by atoms with Gasteiger partial charge in [0.25, 0.3) is 0 Å². The van der Waals surface area contributed by atoms with E-state index >= 15 is 0 Å². The molecule has 0 amide bonds. The fourth-order valence-electron chi connectivity index (χ4n) is 1.99. The Bertz CT molecular complexity index is 543. The Kier molecular flexibility index (Phi) is 4.98. The second-order valence-corrected chi connectivity index (χ2v) is 4.56. The fraction of sp³-hybridized carbons (Fsp3) is 0.250. The van der Waals surface area contributed by atoms with Crippen LogP contribution >= 0.6 is 0 Å². The zero-order chi connectivity index (χ0) is 14.4. The second-order valence-electron chi connectivity index (χ2n) is 4.56. The van der Waals surface area contributed by atoms with Crippen molar-refractivity contribution in [2.45, 2.75) is 12.6 Å². The summed E-state index contributed by atoms with van der Waals surface area (Å²) in [6.45, 7) is 1.03. The maximum absolute atomic E-state index is 10.0. The van der Waals surface area contributed by atoms with Gasteiger partial charge in [-0.15, -0.1) is 0 Å². The number of hydrogen-bond acceptors (Lipinski definition) is 4. The van der Waals surface area contributed by atoms with Crippen LogP contribution in [0.2, 0.25) is 0 Å². The summed E-state index contributed by atoms with van der Waals surface area (Å²) >= 11 is 0. The van der Waals surface area contributed by atoms with Crippen LogP contribution in [0.15, 0.2) is 48.5 Å². The van der Waals surface area contributed by atoms with Crippen LogP contribution < -0.4 is 10.1 Å². The monoisotopic (exact) mass is 273 g/mol. The largest absolute Gasteiger partial charge is 0.504 e. The Balaban J connectivity index is 1.85. The summed E-state index contributed by atoms with van der Waals surface area (Å²) in [5.41, 5.74) is 1.82. The van der Waals surface area contributed by atoms with E-state index in [0.29, 0.717) is 18.8 Å². The molecule has 3 N–H and O–H groups in total. The summed E-state index contributed by atoms with van der Waals surface area (Å²) in [5, 5.41) is 22.8. The van der Waals surface area contributed by atoms with Crippen LogP contribution in [0, 0.1) is 0 Å². The quantitative estimate of drug-likeness (QED) is 0.755. The Morgan fingerprint density at radius 3 is 2.55 bits per heavy atom. The number of ether oxygens (including phenoxy) is 1. The molecular weight excluding hydrogens is 254 g/mol. The lowest BCUT2D eigenvalue weighted by atomic mass is 10.1. The van der Waals surface area contributed by atoms with Crippen molar-refractivity contribution in [1.29, 1.82) is 0 Å². The van der Waals surface area contributed by atoms with Crippen LogP contribution in [-0.2, 0) is 6.54 Å². The normalized spacial score (nSPS) is 12.1. The van der Waals surface area contributed by atoms with E-state index in [1.807, 2.05) is 36.4 Å². The third kappa shape index (κ3) is 3.73. The highest BCUT2D eigenvalue weighted by Gasteiger charge is 2.07. The smallest absolute Gasteiger partial charge is 0.160 e. The summed E-state index contributed by atoms with van der Waals surface area (Å²) in [5.74, 6) is 0.577. The molecule has 0 radical (unpaired) electrons. The van der Waals surface area contributed by atoms with E-state index < -0.39 is 6.10 Å². The summed E-state index contributed by atoms with van der Waals surface area (Å²) in [4.78, 5) is 0. The average molecular weight is 273 g/mol. The van der Waals surface area contributed by atoms with E-state index in [4.69, 9.17) is 4.74 Å². The Hall–Kier alpha value is -2.04. The minimum atomic E-state index is -0.539. The van der Waals surface area contributed by atoms with Gasteiger partial charge >= 0.3 is 0 Å². The van der Waals surface area contributed by atoms with Crippen LogP contribution in [0.5, 0.6) is 11.5 Å². The molecule has 0 unspecified atom stereocenters. The molecule has 0 aliphatic rings. The lowest BCUT2D eigenvalue weighted by Gasteiger charge is -2.12. The van der Waals surface area contributed by atoms with Gasteiger partial charge in [-0.1, -0.05) is 36.4 Å². The third-order valence-electron chi connectivity index (χ3n) is 3.09. The van der Waals surface area contributed by atoms with Crippen molar-refractivity contribution in [3.8, 4) is 11.5 Å². The maximum Gasteiger partial charge on any atom is 0.160 e. The van der Waals surface area contributed by atoms with Crippen LogP contribution in [0.4, 0.5) is 0 Å². The van der Waals surface area contributed by atoms with Gasteiger partial charge in [0, 0.05) is 13.1 Å². The van der Waals surface area contributed by atoms with E-state index in [1.165, 1.54) is 7.11 Å². The van der Waals surface area contributed by atoms with E-state index in [2.05, 4.69) is 5.32 Å². The highest BCUT2D eigenvalue weighted by molar-refractivity contribution is 5.41. The summed E-state index contributed by atoms with van der Waals surface area (Å²) < 4.78 is 4.99. The number of hydrogen-bond donors (Lipinski definition) is 3. The molecule has 0 spiro atoms. The van der Waals surface area contributed by atoms with Crippen molar-refractivity contribution in [1.82, 2.24) is 5.32 Å². The first-order valence-corrected chi connectivity index (χ1v) is 6.50. The minimum Gasteiger partial charge on any atom is -0.504 e. The number of aliphatic hydroxyl groups excluding tert-OH is 1. The second kappa shape index (κ2) is 6.93. The first-order valence-electron chi connectivity index (χ1n) is 6.50. The van der Waals surface area contributed by atoms with E-state index in [-0.39, 0.29) is 5.75 Å². The van der Waals surface area contributed by atoms with Crippen molar-refractivity contribution < 1.29 is 14.9 Å². The Morgan fingerprint density at radius 2 is 1.90 bits per heavy atom. The van der Waals surface area contributed by atoms with Crippen molar-refractivity contribution >= 4 is 0 Å². The van der Waals surface area contributed by atoms with Gasteiger partial charge in [0.05, 0.1) is 13.2 Å². The van der Waals surface area contributed by atoms with Crippen molar-refractivity contribution in [3.05, 3.63) is 59.7 Å². The first kappa shape index (κ1) is 14.4. The van der Waals surface area contributed by atoms with Gasteiger partial charge in [0.2, 0.25) is 0 Å². The average Bonchev–Trinajstić information content (AvgIpc) is 2.48. The molecular formula is C16H19NO3. The molecule has 0 fully saturated rings. The fourth-order valence-corrected chi connectivity index (χ4v) is 1.99. The summed E-state index contributed by atoms with van der Waals surface area (Å²) in [7, 11) is 1.52. The molecule has 0 heterocycles. The number of benzene rings is 2. The van der Waals surface area contributed by atoms with E-state index in [0.717, 1.165) is 11.1 Å². The molecule has 2 aromatic rings. The van der Waals surface area contributed by atoms with Gasteiger partial charge in [-0.05, 0) is 23.3 Å². The third-order valence-corrected chi connectivity index (χ3v) is 3.09. The van der Waals surface area contributed by atoms with Gasteiger partial charge < -0.3 is 20.3 Å². The van der Waals surface area contributed by atoms with Crippen LogP contribution in [0.3, 0.4) is 0 Å². The molecule has 0 aromatic heterocycles. The Morgan fingerprint density at radius 1 is 1.15 bits per heavy atom. The molecule has 0 saturated carbocycles. The molecule has 0 bridgehead atoms. The van der Waals surface area contributed by atoms with Crippen molar-refractivity contribution in [2.75, 3.05) is 13.7 Å². The molecule has 1 atom stereocenters. The van der Waals surface area contributed by atoms with Gasteiger partial charge in [-0.25, -0.2) is 0 Å². The topological polar surface area (TPSA) is 61.7 Å². The van der Waals surface area contributed by atoms with Crippen molar-refractivity contribution in [2.24, 2.45) is 0 Å². The zero-order valence-corrected chi connectivity index (χ0v) is 11.4. The number of methoxy groups -OCH3 is 1. The first-order chi connectivity index (χ1) is 9.70. The van der Waals surface area contributed by atoms with E-state index in [9.17, 15) is 10.2 Å². The summed E-state index contributed by atoms with van der Waals surface area (Å²) in [6, 6.07) is 14.8. The standard InChI is InChI=1S/C16H19NO3/c1-20-16-8-7-12(9-14(16)18)10-17-11-15(19)13-5-3-2-4-6-13/h2-9,15,17-19H,10-11H2,1H3/t15-/m0/s1. The molecule has 0 aliphatic heterocycles. The van der Waals surface area contributed by atoms with Gasteiger partial charge in [-0.3, -0.25) is 0 Å². The molecule has 4 nitrogen and oxygen atoms in total. The zero-order valence-electron chi connectivity index (χ0n) is 11.4. The highest BCUT2D eigenvalue weighted by atomic mass is 16.5. The lowest BCUT2D eigenvalue weighted by molar-refractivity contribution is 0.174. The number of aliphatic hydroxyl groups is 1. The highest BCUT2D eigenvalue weighted by Crippen LogP contribution is 2.26. The predicted octanol–water partition coefficient (Wildman–Crippen LogP) is 2.22. The van der Waals surface area contributed by atoms with Crippen molar-refractivity contribution in [3.63, 3.8) is 0 Å². The molecule has 0 aliphatic carbocycles. The number of phenols is 1. The lowest BCUT2D eigenvalue weighted by Crippen LogP contribution is -2.21. The minimum absolute atomic E-state index is 0.121. The molecule has 20 heavy (non-hydrogen) atoms.